The topological polar surface area (TPSA) is 151 Å². The molecule has 0 unspecified atom stereocenters. The number of amides is 3. The van der Waals surface area contributed by atoms with Crippen molar-refractivity contribution in [2.24, 2.45) is 23.5 Å². The van der Waals surface area contributed by atoms with Gasteiger partial charge in [-0.3, -0.25) is 14.4 Å². The Labute approximate surface area is 276 Å². The summed E-state index contributed by atoms with van der Waals surface area (Å²) in [6.07, 6.45) is 2.21. The lowest BCUT2D eigenvalue weighted by atomic mass is 9.90. The van der Waals surface area contributed by atoms with Gasteiger partial charge in [-0.2, -0.15) is 4.31 Å². The van der Waals surface area contributed by atoms with E-state index in [4.69, 9.17) is 5.73 Å². The molecular formula is C35H55N5O5S. The van der Waals surface area contributed by atoms with Gasteiger partial charge in [0.2, 0.25) is 21.8 Å². The van der Waals surface area contributed by atoms with E-state index >= 15 is 0 Å². The van der Waals surface area contributed by atoms with Gasteiger partial charge < -0.3 is 21.7 Å². The first-order valence-electron chi connectivity index (χ1n) is 16.5. The minimum Gasteiger partial charge on any atom is -0.350 e. The molecule has 2 rings (SSSR count). The highest BCUT2D eigenvalue weighted by atomic mass is 32.2. The van der Waals surface area contributed by atoms with Gasteiger partial charge in [-0.25, -0.2) is 8.42 Å². The zero-order valence-corrected chi connectivity index (χ0v) is 29.4. The number of nitrogens with zero attached hydrogens (tertiary/aromatic N) is 1. The third-order valence-corrected chi connectivity index (χ3v) is 9.76. The molecule has 0 saturated heterocycles. The predicted octanol–water partition coefficient (Wildman–Crippen LogP) is 4.45. The van der Waals surface area contributed by atoms with E-state index in [-0.39, 0.29) is 40.5 Å². The molecule has 0 bridgehead atoms. The van der Waals surface area contributed by atoms with Crippen molar-refractivity contribution in [1.82, 2.24) is 20.3 Å². The van der Waals surface area contributed by atoms with Crippen LogP contribution in [0.3, 0.4) is 0 Å². The van der Waals surface area contributed by atoms with Crippen LogP contribution < -0.4 is 21.7 Å². The number of sulfonamides is 1. The largest absolute Gasteiger partial charge is 0.350 e. The molecule has 4 atom stereocenters. The Morgan fingerprint density at radius 3 is 2.02 bits per heavy atom. The van der Waals surface area contributed by atoms with E-state index in [1.54, 1.807) is 19.1 Å². The third-order valence-electron chi connectivity index (χ3n) is 7.87. The molecule has 0 spiro atoms. The lowest BCUT2D eigenvalue weighted by molar-refractivity contribution is -0.132. The van der Waals surface area contributed by atoms with Crippen molar-refractivity contribution < 1.29 is 22.8 Å². The van der Waals surface area contributed by atoms with Gasteiger partial charge in [-0.1, -0.05) is 84.9 Å². The highest BCUT2D eigenvalue weighted by Crippen LogP contribution is 2.20. The molecule has 2 aromatic carbocycles. The van der Waals surface area contributed by atoms with E-state index < -0.39 is 40.0 Å². The van der Waals surface area contributed by atoms with Gasteiger partial charge in [0.1, 0.15) is 6.04 Å². The molecule has 46 heavy (non-hydrogen) atoms. The highest BCUT2D eigenvalue weighted by Gasteiger charge is 2.30. The second-order valence-electron chi connectivity index (χ2n) is 12.9. The molecular weight excluding hydrogens is 602 g/mol. The van der Waals surface area contributed by atoms with Crippen molar-refractivity contribution in [2.45, 2.75) is 104 Å². The van der Waals surface area contributed by atoms with Gasteiger partial charge in [-0.15, -0.1) is 0 Å². The minimum absolute atomic E-state index is 0.0737. The smallest absolute Gasteiger partial charge is 0.251 e. The number of carbonyl (C=O) groups excluding carboxylic acids is 3. The van der Waals surface area contributed by atoms with Gasteiger partial charge in [0, 0.05) is 43.2 Å². The Balaban J connectivity index is 2.11. The zero-order valence-electron chi connectivity index (χ0n) is 28.6. The summed E-state index contributed by atoms with van der Waals surface area (Å²) in [6, 6.07) is 13.9. The van der Waals surface area contributed by atoms with E-state index in [9.17, 15) is 22.8 Å². The van der Waals surface area contributed by atoms with Crippen LogP contribution in [0.2, 0.25) is 0 Å². The van der Waals surface area contributed by atoms with Crippen molar-refractivity contribution in [3.63, 3.8) is 0 Å². The standard InChI is InChI=1S/C35H55N5O5S/c1-8-18-40(19-9-2)46(44,45)29-17-13-16-28(22-29)34(42)38-31(20-24(3)4)30(36)21-26(7)33(41)39-32(25(5)6)35(43)37-23-27-14-11-10-12-15-27/h10-17,22,24-26,30-32H,8-9,18-21,23,36H2,1-7H3,(H,37,43)(H,38,42)(H,39,41)/t26-,30+,31+,32+/m1/s1. The Hall–Kier alpha value is -3.28. The first kappa shape index (κ1) is 38.9. The van der Waals surface area contributed by atoms with Crippen molar-refractivity contribution in [2.75, 3.05) is 13.1 Å². The maximum atomic E-state index is 13.4. The van der Waals surface area contributed by atoms with Crippen LogP contribution in [0.5, 0.6) is 0 Å². The summed E-state index contributed by atoms with van der Waals surface area (Å²) in [6.45, 7) is 14.6. The first-order chi connectivity index (χ1) is 21.7. The molecule has 3 amide bonds. The van der Waals surface area contributed by atoms with Gasteiger partial charge in [0.15, 0.2) is 0 Å². The fourth-order valence-corrected chi connectivity index (χ4v) is 6.97. The van der Waals surface area contributed by atoms with Crippen LogP contribution in [0.15, 0.2) is 59.5 Å². The Bertz CT molecular complexity index is 1360. The van der Waals surface area contributed by atoms with Crippen molar-refractivity contribution in [1.29, 1.82) is 0 Å². The monoisotopic (exact) mass is 657 g/mol. The summed E-state index contributed by atoms with van der Waals surface area (Å²) in [7, 11) is -3.76. The Kier molecular flexibility index (Phi) is 15.9. The number of hydrogen-bond acceptors (Lipinski definition) is 6. The molecule has 5 N–H and O–H groups in total. The normalized spacial score (nSPS) is 14.5. The fourth-order valence-electron chi connectivity index (χ4n) is 5.30. The van der Waals surface area contributed by atoms with Crippen LogP contribution in [0.4, 0.5) is 0 Å². The Morgan fingerprint density at radius 1 is 0.826 bits per heavy atom. The summed E-state index contributed by atoms with van der Waals surface area (Å²) in [5.74, 6) is -1.44. The maximum Gasteiger partial charge on any atom is 0.251 e. The fraction of sp³-hybridized carbons (Fsp3) is 0.571. The second kappa shape index (κ2) is 18.8. The lowest BCUT2D eigenvalue weighted by Gasteiger charge is -2.29. The molecule has 10 nitrogen and oxygen atoms in total. The van der Waals surface area contributed by atoms with Gasteiger partial charge in [0.05, 0.1) is 4.90 Å². The molecule has 0 heterocycles. The molecule has 0 aliphatic carbocycles. The molecule has 0 saturated carbocycles. The average molecular weight is 658 g/mol. The number of hydrogen-bond donors (Lipinski definition) is 4. The van der Waals surface area contributed by atoms with E-state index in [0.717, 1.165) is 5.56 Å². The summed E-state index contributed by atoms with van der Waals surface area (Å²) in [5, 5.41) is 8.81. The molecule has 11 heteroatoms. The summed E-state index contributed by atoms with van der Waals surface area (Å²) in [5.41, 5.74) is 7.81. The Morgan fingerprint density at radius 2 is 1.46 bits per heavy atom. The van der Waals surface area contributed by atoms with Crippen LogP contribution in [0, 0.1) is 17.8 Å². The van der Waals surface area contributed by atoms with Gasteiger partial charge in [-0.05, 0) is 61.3 Å². The van der Waals surface area contributed by atoms with Gasteiger partial charge >= 0.3 is 0 Å². The van der Waals surface area contributed by atoms with E-state index in [0.29, 0.717) is 38.9 Å². The van der Waals surface area contributed by atoms with Gasteiger partial charge in [0.25, 0.3) is 5.91 Å². The minimum atomic E-state index is -3.76. The molecule has 0 fully saturated rings. The van der Waals surface area contributed by atoms with Crippen LogP contribution in [0.25, 0.3) is 0 Å². The maximum absolute atomic E-state index is 13.4. The molecule has 0 aliphatic heterocycles. The van der Waals surface area contributed by atoms with Crippen LogP contribution >= 0.6 is 0 Å². The highest BCUT2D eigenvalue weighted by molar-refractivity contribution is 7.89. The number of nitrogens with one attached hydrogen (secondary N) is 3. The van der Waals surface area contributed by atoms with Crippen LogP contribution in [-0.2, 0) is 26.2 Å². The second-order valence-corrected chi connectivity index (χ2v) is 14.8. The van der Waals surface area contributed by atoms with Crippen LogP contribution in [-0.4, -0.2) is 61.7 Å². The molecule has 0 aromatic heterocycles. The number of benzene rings is 2. The zero-order chi connectivity index (χ0) is 34.4. The SMILES string of the molecule is CCCN(CCC)S(=O)(=O)c1cccc(C(=O)N[C@@H](CC(C)C)[C@@H](N)C[C@@H](C)C(=O)N[C@H](C(=O)NCc2ccccc2)C(C)C)c1. The summed E-state index contributed by atoms with van der Waals surface area (Å²) < 4.78 is 28.1. The van der Waals surface area contributed by atoms with Crippen molar-refractivity contribution in [3.8, 4) is 0 Å². The number of nitrogens with two attached hydrogens (primary N) is 1. The number of rotatable bonds is 19. The average Bonchev–Trinajstić information content (AvgIpc) is 3.01. The quantitative estimate of drug-likeness (QED) is 0.175. The molecule has 2 aromatic rings. The van der Waals surface area contributed by atoms with Crippen molar-refractivity contribution in [3.05, 3.63) is 65.7 Å². The van der Waals surface area contributed by atoms with E-state index in [1.165, 1.54) is 16.4 Å². The van der Waals surface area contributed by atoms with Crippen molar-refractivity contribution >= 4 is 27.7 Å². The summed E-state index contributed by atoms with van der Waals surface area (Å²) >= 11 is 0. The third kappa shape index (κ3) is 11.8. The summed E-state index contributed by atoms with van der Waals surface area (Å²) in [4.78, 5) is 39.7. The molecule has 0 radical (unpaired) electrons. The lowest BCUT2D eigenvalue weighted by Crippen LogP contribution is -2.53. The first-order valence-corrected chi connectivity index (χ1v) is 17.9. The predicted molar refractivity (Wildman–Crippen MR) is 183 cm³/mol. The van der Waals surface area contributed by atoms with E-state index in [2.05, 4.69) is 16.0 Å². The molecule has 256 valence electrons. The van der Waals surface area contributed by atoms with E-state index in [1.807, 2.05) is 71.9 Å². The number of carbonyl (C=O) groups is 3. The van der Waals surface area contributed by atoms with Crippen LogP contribution in [0.1, 0.15) is 90.1 Å². The molecule has 0 aliphatic rings.